The van der Waals surface area contributed by atoms with E-state index >= 15 is 0 Å². The summed E-state index contributed by atoms with van der Waals surface area (Å²) in [5.74, 6) is 0. The zero-order valence-electron chi connectivity index (χ0n) is 3.26. The summed E-state index contributed by atoms with van der Waals surface area (Å²) in [7, 11) is 0. The van der Waals surface area contributed by atoms with Crippen molar-refractivity contribution in [1.29, 1.82) is 0 Å². The minimum Gasteiger partial charge on any atom is -0.412 e. The average molecular weight is 274 g/mol. The van der Waals surface area contributed by atoms with E-state index in [4.69, 9.17) is 10.8 Å². The van der Waals surface area contributed by atoms with Gasteiger partial charge in [0, 0.05) is 27.6 Å². The molecular weight excluding hydrogens is 265 g/mol. The Hall–Kier alpha value is 0.568. The van der Waals surface area contributed by atoms with Crippen molar-refractivity contribution in [2.24, 2.45) is 5.73 Å². The van der Waals surface area contributed by atoms with Gasteiger partial charge in [0.15, 0.2) is 0 Å². The van der Waals surface area contributed by atoms with Gasteiger partial charge in [-0.15, -0.1) is 0 Å². The molecule has 0 atom stereocenters. The van der Waals surface area contributed by atoms with Gasteiger partial charge in [0.05, 0.1) is 6.61 Å². The van der Waals surface area contributed by atoms with Crippen molar-refractivity contribution in [2.45, 2.75) is 0 Å². The number of rotatable bonds is 1. The SMILES string of the molecule is NCCO.O.[Pt]. The minimum absolute atomic E-state index is 0. The van der Waals surface area contributed by atoms with E-state index in [0.717, 1.165) is 0 Å². The molecule has 0 bridgehead atoms. The van der Waals surface area contributed by atoms with E-state index < -0.39 is 0 Å². The summed E-state index contributed by atoms with van der Waals surface area (Å²) in [4.78, 5) is 0. The number of aliphatic hydroxyl groups is 1. The van der Waals surface area contributed by atoms with Gasteiger partial charge in [0.2, 0.25) is 0 Å². The fraction of sp³-hybridized carbons (Fsp3) is 1.00. The molecular formula is C2H9NO2Pt. The first kappa shape index (κ1) is 16.0. The van der Waals surface area contributed by atoms with Gasteiger partial charge in [-0.1, -0.05) is 0 Å². The van der Waals surface area contributed by atoms with Crippen molar-refractivity contribution in [3.05, 3.63) is 0 Å². The predicted octanol–water partition coefficient (Wildman–Crippen LogP) is -1.89. The molecule has 0 aliphatic rings. The molecule has 0 aliphatic carbocycles. The summed E-state index contributed by atoms with van der Waals surface area (Å²) in [6, 6.07) is 0. The second-order valence-corrected chi connectivity index (χ2v) is 0.512. The van der Waals surface area contributed by atoms with E-state index in [0.29, 0.717) is 6.54 Å². The van der Waals surface area contributed by atoms with Crippen LogP contribution in [0.5, 0.6) is 0 Å². The molecule has 0 aromatic rings. The zero-order chi connectivity index (χ0) is 3.41. The van der Waals surface area contributed by atoms with Crippen LogP contribution in [0.1, 0.15) is 0 Å². The Morgan fingerprint density at radius 1 is 1.50 bits per heavy atom. The van der Waals surface area contributed by atoms with Crippen LogP contribution in [0.3, 0.4) is 0 Å². The number of hydrogen-bond donors (Lipinski definition) is 2. The summed E-state index contributed by atoms with van der Waals surface area (Å²) in [5, 5.41) is 7.75. The van der Waals surface area contributed by atoms with Crippen LogP contribution in [-0.4, -0.2) is 23.7 Å². The van der Waals surface area contributed by atoms with Crippen LogP contribution in [0.4, 0.5) is 0 Å². The Balaban J connectivity index is -0.0000000450. The maximum Gasteiger partial charge on any atom is 0.0553 e. The third kappa shape index (κ3) is 23.6. The molecule has 0 unspecified atom stereocenters. The summed E-state index contributed by atoms with van der Waals surface area (Å²) in [5.41, 5.74) is 4.78. The second-order valence-electron chi connectivity index (χ2n) is 0.512. The van der Waals surface area contributed by atoms with E-state index in [1.54, 1.807) is 0 Å². The standard InChI is InChI=1S/C2H7NO.H2O.Pt/c3-1-2-4;;/h4H,1-3H2;1H2;. The molecule has 0 heterocycles. The average Bonchev–Trinajstić information content (AvgIpc) is 1.37. The quantitative estimate of drug-likeness (QED) is 0.586. The van der Waals surface area contributed by atoms with Crippen molar-refractivity contribution < 1.29 is 31.6 Å². The van der Waals surface area contributed by atoms with Crippen molar-refractivity contribution in [2.75, 3.05) is 13.2 Å². The molecule has 0 aromatic heterocycles. The number of hydrogen-bond acceptors (Lipinski definition) is 2. The second kappa shape index (κ2) is 17.6. The van der Waals surface area contributed by atoms with Crippen LogP contribution in [0, 0.1) is 0 Å². The topological polar surface area (TPSA) is 77.8 Å². The molecule has 0 saturated heterocycles. The molecule has 5 N–H and O–H groups in total. The van der Waals surface area contributed by atoms with Crippen molar-refractivity contribution in [3.63, 3.8) is 0 Å². The molecule has 6 heavy (non-hydrogen) atoms. The Morgan fingerprint density at radius 3 is 1.67 bits per heavy atom. The summed E-state index contributed by atoms with van der Waals surface area (Å²) in [6.45, 7) is 0.472. The van der Waals surface area contributed by atoms with Gasteiger partial charge in [0.1, 0.15) is 0 Å². The monoisotopic (exact) mass is 274 g/mol. The maximum atomic E-state index is 7.75. The largest absolute Gasteiger partial charge is 0.412 e. The maximum absolute atomic E-state index is 7.75. The van der Waals surface area contributed by atoms with E-state index in [1.807, 2.05) is 0 Å². The van der Waals surface area contributed by atoms with Crippen molar-refractivity contribution in [3.8, 4) is 0 Å². The summed E-state index contributed by atoms with van der Waals surface area (Å²) >= 11 is 0. The van der Waals surface area contributed by atoms with Crippen LogP contribution in [0.2, 0.25) is 0 Å². The van der Waals surface area contributed by atoms with Crippen molar-refractivity contribution >= 4 is 0 Å². The number of aliphatic hydroxyl groups excluding tert-OH is 1. The van der Waals surface area contributed by atoms with Crippen LogP contribution in [0.15, 0.2) is 0 Å². The van der Waals surface area contributed by atoms with E-state index in [9.17, 15) is 0 Å². The van der Waals surface area contributed by atoms with Gasteiger partial charge in [-0.05, 0) is 0 Å². The molecule has 0 saturated carbocycles. The molecule has 0 radical (unpaired) electrons. The first-order chi connectivity index (χ1) is 1.91. The Morgan fingerprint density at radius 2 is 1.67 bits per heavy atom. The van der Waals surface area contributed by atoms with Crippen LogP contribution >= 0.6 is 0 Å². The number of nitrogens with two attached hydrogens (primary N) is 1. The van der Waals surface area contributed by atoms with Gasteiger partial charge >= 0.3 is 0 Å². The van der Waals surface area contributed by atoms with Gasteiger partial charge in [-0.2, -0.15) is 0 Å². The third-order valence-corrected chi connectivity index (χ3v) is 0.129. The Bertz CT molecular complexity index is 13.5. The first-order valence-corrected chi connectivity index (χ1v) is 1.22. The fourth-order valence-electron chi connectivity index (χ4n) is 0. The third-order valence-electron chi connectivity index (χ3n) is 0.129. The molecule has 3 nitrogen and oxygen atoms in total. The minimum atomic E-state index is 0. The fourth-order valence-corrected chi connectivity index (χ4v) is 0. The molecule has 0 aliphatic heterocycles. The summed E-state index contributed by atoms with van der Waals surface area (Å²) in [6.07, 6.45) is 0. The molecule has 0 aromatic carbocycles. The molecule has 0 spiro atoms. The molecule has 0 rings (SSSR count). The van der Waals surface area contributed by atoms with Gasteiger partial charge < -0.3 is 16.3 Å². The van der Waals surface area contributed by atoms with E-state index in [1.165, 1.54) is 0 Å². The van der Waals surface area contributed by atoms with Crippen LogP contribution < -0.4 is 5.73 Å². The molecule has 4 heteroatoms. The van der Waals surface area contributed by atoms with Crippen LogP contribution in [0.25, 0.3) is 0 Å². The smallest absolute Gasteiger partial charge is 0.0553 e. The summed E-state index contributed by atoms with van der Waals surface area (Å²) < 4.78 is 0. The zero-order valence-corrected chi connectivity index (χ0v) is 5.53. The normalized spacial score (nSPS) is 5.00. The molecule has 0 fully saturated rings. The van der Waals surface area contributed by atoms with Crippen molar-refractivity contribution in [1.82, 2.24) is 0 Å². The van der Waals surface area contributed by atoms with Gasteiger partial charge in [-0.3, -0.25) is 0 Å². The van der Waals surface area contributed by atoms with Gasteiger partial charge in [-0.25, -0.2) is 0 Å². The predicted molar refractivity (Wildman–Crippen MR) is 19.8 cm³/mol. The molecule has 44 valence electrons. The Labute approximate surface area is 51.1 Å². The van der Waals surface area contributed by atoms with Crippen LogP contribution in [-0.2, 0) is 21.1 Å². The van der Waals surface area contributed by atoms with E-state index in [2.05, 4.69) is 0 Å². The van der Waals surface area contributed by atoms with Gasteiger partial charge in [0.25, 0.3) is 0 Å². The van der Waals surface area contributed by atoms with E-state index in [-0.39, 0.29) is 33.1 Å². The molecule has 0 amide bonds. The Kier molecular flexibility index (Phi) is 47.0. The first-order valence-electron chi connectivity index (χ1n) is 1.22.